The summed E-state index contributed by atoms with van der Waals surface area (Å²) in [6.07, 6.45) is -7.24. The second-order valence-corrected chi connectivity index (χ2v) is 7.14. The van der Waals surface area contributed by atoms with Gasteiger partial charge < -0.3 is 39.8 Å². The van der Waals surface area contributed by atoms with E-state index in [1.165, 1.54) is 19.2 Å². The van der Waals surface area contributed by atoms with Gasteiger partial charge in [-0.3, -0.25) is 4.57 Å². The van der Waals surface area contributed by atoms with E-state index < -0.39 is 50.1 Å². The molecule has 136 valence electrons. The van der Waals surface area contributed by atoms with Crippen LogP contribution < -0.4 is 45.9 Å². The number of ether oxygens (including phenoxy) is 1. The number of nitrogen functional groups attached to an aromatic ring is 1. The van der Waals surface area contributed by atoms with Crippen LogP contribution in [-0.2, 0) is 13.8 Å². The Morgan fingerprint density at radius 2 is 2.16 bits per heavy atom. The van der Waals surface area contributed by atoms with Crippen molar-refractivity contribution in [3.8, 4) is 0 Å². The summed E-state index contributed by atoms with van der Waals surface area (Å²) in [7, 11) is -4.33. The standard InChI is InChI=1S/C12H20N3O8P.Na/c1-2-22-24(20,21)5-6(16)10-8(17)9(18)11(23-10)15-4-3-7(13)14-12(15)19;/h3-4,6,8-11,16-18H,2,5H2,1H3,(H,20,21)(H2,13,14,19);/q;+1/p-1/t6-,8-,9+,10+,11+;/m0./s1. The average Bonchev–Trinajstić information content (AvgIpc) is 2.75. The molecule has 0 spiro atoms. The molecule has 0 aromatic carbocycles. The van der Waals surface area contributed by atoms with Crippen LogP contribution in [0, 0.1) is 0 Å². The van der Waals surface area contributed by atoms with Crippen LogP contribution >= 0.6 is 7.60 Å². The number of nitrogens with two attached hydrogens (primary N) is 1. The predicted molar refractivity (Wildman–Crippen MR) is 78.9 cm³/mol. The van der Waals surface area contributed by atoms with E-state index in [1.54, 1.807) is 0 Å². The molecule has 0 radical (unpaired) electrons. The molecule has 1 saturated heterocycles. The maximum absolute atomic E-state index is 11.8. The molecule has 0 aliphatic carbocycles. The molecular formula is C12H19N3NaO8P. The van der Waals surface area contributed by atoms with Gasteiger partial charge in [0.25, 0.3) is 0 Å². The molecule has 1 aliphatic rings. The zero-order valence-corrected chi connectivity index (χ0v) is 16.7. The van der Waals surface area contributed by atoms with Crippen molar-refractivity contribution in [2.45, 2.75) is 37.6 Å². The first-order chi connectivity index (χ1) is 11.2. The first kappa shape index (κ1) is 22.7. The summed E-state index contributed by atoms with van der Waals surface area (Å²) in [6.45, 7) is 1.37. The van der Waals surface area contributed by atoms with Gasteiger partial charge in [-0.15, -0.1) is 0 Å². The first-order valence-electron chi connectivity index (χ1n) is 7.15. The second kappa shape index (κ2) is 9.05. The van der Waals surface area contributed by atoms with Crippen molar-refractivity contribution < 1.29 is 63.6 Å². The molecule has 11 nitrogen and oxygen atoms in total. The van der Waals surface area contributed by atoms with Crippen LogP contribution in [0.2, 0.25) is 0 Å². The molecule has 13 heteroatoms. The normalized spacial score (nSPS) is 29.6. The van der Waals surface area contributed by atoms with E-state index in [4.69, 9.17) is 10.5 Å². The Bertz CT molecular complexity index is 689. The summed E-state index contributed by atoms with van der Waals surface area (Å²) >= 11 is 0. The van der Waals surface area contributed by atoms with Crippen LogP contribution in [0.25, 0.3) is 0 Å². The Kier molecular flexibility index (Phi) is 8.22. The summed E-state index contributed by atoms with van der Waals surface area (Å²) in [5.41, 5.74) is 4.54. The van der Waals surface area contributed by atoms with Crippen LogP contribution in [0.4, 0.5) is 5.82 Å². The van der Waals surface area contributed by atoms with Gasteiger partial charge in [-0.25, -0.2) is 4.79 Å². The molecule has 0 amide bonds. The van der Waals surface area contributed by atoms with Gasteiger partial charge in [0.2, 0.25) is 0 Å². The number of aromatic nitrogens is 2. The number of hydrogen-bond donors (Lipinski definition) is 4. The molecular weight excluding hydrogens is 368 g/mol. The zero-order chi connectivity index (χ0) is 18.1. The fourth-order valence-electron chi connectivity index (χ4n) is 2.44. The quantitative estimate of drug-likeness (QED) is 0.271. The van der Waals surface area contributed by atoms with Crippen molar-refractivity contribution in [1.29, 1.82) is 0 Å². The number of rotatable bonds is 6. The van der Waals surface area contributed by atoms with Gasteiger partial charge in [-0.05, 0) is 13.0 Å². The Morgan fingerprint density at radius 3 is 2.72 bits per heavy atom. The van der Waals surface area contributed by atoms with Crippen molar-refractivity contribution >= 4 is 13.4 Å². The van der Waals surface area contributed by atoms with Crippen molar-refractivity contribution in [2.75, 3.05) is 18.5 Å². The third kappa shape index (κ3) is 5.33. The minimum atomic E-state index is -4.33. The van der Waals surface area contributed by atoms with E-state index in [0.29, 0.717) is 0 Å². The SMILES string of the molecule is CCOP(=O)([O-])C[C@H](O)[C@H]1O[C@@H](n2ccc(N)nc2=O)[C@H](O)[C@@H]1O.[Na+]. The van der Waals surface area contributed by atoms with Crippen LogP contribution in [0.3, 0.4) is 0 Å². The van der Waals surface area contributed by atoms with E-state index in [2.05, 4.69) is 9.51 Å². The maximum Gasteiger partial charge on any atom is 1.00 e. The molecule has 1 fully saturated rings. The molecule has 1 aromatic heterocycles. The summed E-state index contributed by atoms with van der Waals surface area (Å²) in [5, 5.41) is 30.1. The zero-order valence-electron chi connectivity index (χ0n) is 13.8. The molecule has 0 bridgehead atoms. The van der Waals surface area contributed by atoms with Gasteiger partial charge in [0.15, 0.2) is 6.23 Å². The number of anilines is 1. The average molecular weight is 387 g/mol. The van der Waals surface area contributed by atoms with E-state index in [0.717, 1.165) is 4.57 Å². The number of hydrogen-bond acceptors (Lipinski definition) is 10. The Hall–Kier alpha value is -0.330. The van der Waals surface area contributed by atoms with E-state index in [1.807, 2.05) is 0 Å². The van der Waals surface area contributed by atoms with Crippen LogP contribution in [0.5, 0.6) is 0 Å². The van der Waals surface area contributed by atoms with Gasteiger partial charge in [0.05, 0.1) is 12.7 Å². The van der Waals surface area contributed by atoms with Crippen LogP contribution in [-0.4, -0.2) is 62.1 Å². The summed E-state index contributed by atoms with van der Waals surface area (Å²) in [4.78, 5) is 26.9. The van der Waals surface area contributed by atoms with Gasteiger partial charge in [0, 0.05) is 12.4 Å². The van der Waals surface area contributed by atoms with Crippen molar-refractivity contribution in [3.05, 3.63) is 22.7 Å². The minimum Gasteiger partial charge on any atom is -0.778 e. The van der Waals surface area contributed by atoms with E-state index in [-0.39, 0.29) is 42.0 Å². The second-order valence-electron chi connectivity index (χ2n) is 5.29. The summed E-state index contributed by atoms with van der Waals surface area (Å²) in [5.74, 6) is -0.0372. The fraction of sp³-hybridized carbons (Fsp3) is 0.667. The van der Waals surface area contributed by atoms with Gasteiger partial charge in [-0.1, -0.05) is 0 Å². The van der Waals surface area contributed by atoms with Crippen molar-refractivity contribution in [2.24, 2.45) is 0 Å². The van der Waals surface area contributed by atoms with E-state index in [9.17, 15) is 29.6 Å². The monoisotopic (exact) mass is 387 g/mol. The minimum absolute atomic E-state index is 0. The topological polar surface area (TPSA) is 180 Å². The summed E-state index contributed by atoms with van der Waals surface area (Å²) < 4.78 is 22.3. The van der Waals surface area contributed by atoms with Crippen LogP contribution in [0.1, 0.15) is 13.2 Å². The number of aliphatic hydroxyl groups is 3. The molecule has 25 heavy (non-hydrogen) atoms. The number of aliphatic hydroxyl groups excluding tert-OH is 3. The first-order valence-corrected chi connectivity index (χ1v) is 8.88. The molecule has 5 N–H and O–H groups in total. The van der Waals surface area contributed by atoms with Crippen molar-refractivity contribution in [3.63, 3.8) is 0 Å². The maximum atomic E-state index is 11.8. The summed E-state index contributed by atoms with van der Waals surface area (Å²) in [6, 6.07) is 1.29. The smallest absolute Gasteiger partial charge is 0.778 e. The van der Waals surface area contributed by atoms with Crippen LogP contribution in [0.15, 0.2) is 17.1 Å². The van der Waals surface area contributed by atoms with Gasteiger partial charge in [-0.2, -0.15) is 4.98 Å². The molecule has 1 aliphatic heterocycles. The molecule has 6 atom stereocenters. The van der Waals surface area contributed by atoms with Gasteiger partial charge in [0.1, 0.15) is 31.7 Å². The Labute approximate surface area is 165 Å². The predicted octanol–water partition coefficient (Wildman–Crippen LogP) is -5.60. The fourth-order valence-corrected chi connectivity index (χ4v) is 3.60. The largest absolute Gasteiger partial charge is 1.00 e. The molecule has 1 unspecified atom stereocenters. The third-order valence-electron chi connectivity index (χ3n) is 3.52. The van der Waals surface area contributed by atoms with Gasteiger partial charge >= 0.3 is 35.2 Å². The van der Waals surface area contributed by atoms with E-state index >= 15 is 0 Å². The molecule has 2 heterocycles. The molecule has 0 saturated carbocycles. The number of nitrogens with zero attached hydrogens (tertiary/aromatic N) is 2. The molecule has 1 aromatic rings. The Balaban J connectivity index is 0.00000312. The van der Waals surface area contributed by atoms with Crippen molar-refractivity contribution in [1.82, 2.24) is 9.55 Å². The Morgan fingerprint density at radius 1 is 1.52 bits per heavy atom. The third-order valence-corrected chi connectivity index (χ3v) is 4.99. The molecule has 2 rings (SSSR count).